The van der Waals surface area contributed by atoms with E-state index in [1.165, 1.54) is 18.2 Å². The largest absolute Gasteiger partial charge is 0.471 e. The van der Waals surface area contributed by atoms with Gasteiger partial charge in [-0.2, -0.15) is 13.2 Å². The number of allylic oxidation sites excluding steroid dienone is 2. The summed E-state index contributed by atoms with van der Waals surface area (Å²) < 4.78 is 34.8. The van der Waals surface area contributed by atoms with Crippen molar-refractivity contribution in [3.63, 3.8) is 0 Å². The first-order valence-corrected chi connectivity index (χ1v) is 3.02. The van der Waals surface area contributed by atoms with Crippen LogP contribution in [0.5, 0.6) is 0 Å². The number of nitrogens with one attached hydrogen (secondary N) is 1. The molecule has 0 aliphatic heterocycles. The quantitative estimate of drug-likeness (QED) is 0.597. The Balaban J connectivity index is 2.59. The summed E-state index contributed by atoms with van der Waals surface area (Å²) in [6.45, 7) is 0. The van der Waals surface area contributed by atoms with Crippen LogP contribution in [0.1, 0.15) is 0 Å². The van der Waals surface area contributed by atoms with Gasteiger partial charge in [0.05, 0.1) is 5.70 Å². The Morgan fingerprint density at radius 3 is 2.58 bits per heavy atom. The van der Waals surface area contributed by atoms with E-state index in [4.69, 9.17) is 0 Å². The summed E-state index contributed by atoms with van der Waals surface area (Å²) in [5, 5.41) is 1.64. The molecule has 5 heteroatoms. The van der Waals surface area contributed by atoms with E-state index < -0.39 is 12.1 Å². The fourth-order valence-electron chi connectivity index (χ4n) is 0.601. The standard InChI is InChI=1S/C7H4F3NO/c8-7(9,10)6(12)11-5-3-1-2-4-5/h1-3H,(H,11,12). The smallest absolute Gasteiger partial charge is 0.312 e. The number of carbonyl (C=O) groups excluding carboxylic acids is 1. The lowest BCUT2D eigenvalue weighted by atomic mass is 10.4. The van der Waals surface area contributed by atoms with E-state index in [0.717, 1.165) is 0 Å². The highest BCUT2D eigenvalue weighted by molar-refractivity contribution is 5.83. The van der Waals surface area contributed by atoms with Crippen molar-refractivity contribution in [1.29, 1.82) is 0 Å². The SMILES string of the molecule is O=C(NC1=C=CC=C1)C(F)(F)F. The number of halogens is 3. The van der Waals surface area contributed by atoms with E-state index in [0.29, 0.717) is 0 Å². The Hall–Kier alpha value is -1.48. The lowest BCUT2D eigenvalue weighted by Gasteiger charge is -2.05. The van der Waals surface area contributed by atoms with Gasteiger partial charge in [0, 0.05) is 0 Å². The monoisotopic (exact) mass is 175 g/mol. The number of hydrogen-bond acceptors (Lipinski definition) is 1. The van der Waals surface area contributed by atoms with Crippen molar-refractivity contribution >= 4 is 5.91 Å². The minimum absolute atomic E-state index is 0.0253. The van der Waals surface area contributed by atoms with Gasteiger partial charge in [-0.15, -0.1) is 0 Å². The summed E-state index contributed by atoms with van der Waals surface area (Å²) in [7, 11) is 0. The number of amides is 1. The topological polar surface area (TPSA) is 29.1 Å². The summed E-state index contributed by atoms with van der Waals surface area (Å²) in [6.07, 6.45) is -0.632. The Labute approximate surface area is 66.1 Å². The number of rotatable bonds is 1. The lowest BCUT2D eigenvalue weighted by Crippen LogP contribution is -2.35. The van der Waals surface area contributed by atoms with Crippen LogP contribution in [0.3, 0.4) is 0 Å². The molecule has 1 aliphatic carbocycles. The van der Waals surface area contributed by atoms with Gasteiger partial charge in [0.15, 0.2) is 0 Å². The summed E-state index contributed by atoms with van der Waals surface area (Å²) in [6, 6.07) is 0. The van der Waals surface area contributed by atoms with Gasteiger partial charge in [-0.05, 0) is 12.2 Å². The zero-order chi connectivity index (χ0) is 9.19. The molecule has 0 unspecified atom stereocenters. The highest BCUT2D eigenvalue weighted by Gasteiger charge is 2.38. The van der Waals surface area contributed by atoms with Crippen molar-refractivity contribution in [2.75, 3.05) is 0 Å². The summed E-state index contributed by atoms with van der Waals surface area (Å²) in [5.74, 6) is -1.98. The minimum atomic E-state index is -4.84. The molecule has 0 saturated carbocycles. The fraction of sp³-hybridized carbons (Fsp3) is 0.143. The third-order valence-corrected chi connectivity index (χ3v) is 1.10. The number of hydrogen-bond donors (Lipinski definition) is 1. The molecule has 0 bridgehead atoms. The predicted molar refractivity (Wildman–Crippen MR) is 34.9 cm³/mol. The van der Waals surface area contributed by atoms with Crippen LogP contribution < -0.4 is 5.32 Å². The zero-order valence-corrected chi connectivity index (χ0v) is 5.77. The molecule has 1 rings (SSSR count). The van der Waals surface area contributed by atoms with Crippen LogP contribution in [0.2, 0.25) is 0 Å². The third-order valence-electron chi connectivity index (χ3n) is 1.10. The van der Waals surface area contributed by atoms with Crippen LogP contribution in [0.15, 0.2) is 29.7 Å². The fourth-order valence-corrected chi connectivity index (χ4v) is 0.601. The molecule has 0 radical (unpaired) electrons. The van der Waals surface area contributed by atoms with Crippen LogP contribution in [0.4, 0.5) is 13.2 Å². The third kappa shape index (κ3) is 2.00. The number of carbonyl (C=O) groups is 1. The van der Waals surface area contributed by atoms with Crippen LogP contribution >= 0.6 is 0 Å². The van der Waals surface area contributed by atoms with Crippen LogP contribution in [0.25, 0.3) is 0 Å². The second kappa shape index (κ2) is 2.87. The van der Waals surface area contributed by atoms with E-state index in [2.05, 4.69) is 5.73 Å². The second-order valence-corrected chi connectivity index (χ2v) is 2.04. The molecule has 2 nitrogen and oxygen atoms in total. The summed E-state index contributed by atoms with van der Waals surface area (Å²) >= 11 is 0. The van der Waals surface area contributed by atoms with Gasteiger partial charge in [-0.3, -0.25) is 4.79 Å². The van der Waals surface area contributed by atoms with Crippen molar-refractivity contribution in [1.82, 2.24) is 5.32 Å². The molecule has 64 valence electrons. The minimum Gasteiger partial charge on any atom is -0.312 e. The maximum atomic E-state index is 11.6. The van der Waals surface area contributed by atoms with Gasteiger partial charge in [-0.1, -0.05) is 11.8 Å². The predicted octanol–water partition coefficient (Wildman–Crippen LogP) is 1.27. The number of alkyl halides is 3. The average Bonchev–Trinajstić information content (AvgIpc) is 2.37. The molecule has 0 aromatic rings. The van der Waals surface area contributed by atoms with E-state index in [1.54, 1.807) is 5.32 Å². The van der Waals surface area contributed by atoms with Crippen LogP contribution in [-0.4, -0.2) is 12.1 Å². The highest BCUT2D eigenvalue weighted by atomic mass is 19.4. The zero-order valence-electron chi connectivity index (χ0n) is 5.77. The molecular formula is C7H4F3NO. The molecule has 0 aromatic carbocycles. The molecule has 1 aliphatic rings. The van der Waals surface area contributed by atoms with Crippen molar-refractivity contribution in [2.45, 2.75) is 6.18 Å². The van der Waals surface area contributed by atoms with Gasteiger partial charge in [0.1, 0.15) is 0 Å². The second-order valence-electron chi connectivity index (χ2n) is 2.04. The molecule has 0 saturated heterocycles. The van der Waals surface area contributed by atoms with E-state index in [9.17, 15) is 18.0 Å². The van der Waals surface area contributed by atoms with Gasteiger partial charge >= 0.3 is 12.1 Å². The van der Waals surface area contributed by atoms with E-state index in [1.807, 2.05) is 0 Å². The molecule has 0 spiro atoms. The Kier molecular flexibility index (Phi) is 2.06. The molecule has 0 aromatic heterocycles. The Morgan fingerprint density at radius 1 is 1.50 bits per heavy atom. The average molecular weight is 175 g/mol. The molecule has 0 fully saturated rings. The highest BCUT2D eigenvalue weighted by Crippen LogP contribution is 2.15. The van der Waals surface area contributed by atoms with E-state index in [-0.39, 0.29) is 5.70 Å². The van der Waals surface area contributed by atoms with Crippen LogP contribution in [0, 0.1) is 0 Å². The molecule has 1 N–H and O–H groups in total. The molecule has 12 heavy (non-hydrogen) atoms. The maximum absolute atomic E-state index is 11.6. The molecule has 1 amide bonds. The lowest BCUT2D eigenvalue weighted by molar-refractivity contribution is -0.172. The van der Waals surface area contributed by atoms with Crippen molar-refractivity contribution in [3.05, 3.63) is 29.7 Å². The van der Waals surface area contributed by atoms with Gasteiger partial charge in [0.2, 0.25) is 0 Å². The van der Waals surface area contributed by atoms with Crippen molar-refractivity contribution in [2.24, 2.45) is 0 Å². The summed E-state index contributed by atoms with van der Waals surface area (Å²) in [4.78, 5) is 10.3. The van der Waals surface area contributed by atoms with Gasteiger partial charge < -0.3 is 5.32 Å². The first-order valence-electron chi connectivity index (χ1n) is 3.02. The first kappa shape index (κ1) is 8.62. The Morgan fingerprint density at radius 2 is 2.17 bits per heavy atom. The Bertz CT molecular complexity index is 294. The van der Waals surface area contributed by atoms with Crippen molar-refractivity contribution in [3.8, 4) is 0 Å². The normalized spacial score (nSPS) is 14.8. The molecule has 0 atom stereocenters. The maximum Gasteiger partial charge on any atom is 0.471 e. The van der Waals surface area contributed by atoms with Gasteiger partial charge in [0.25, 0.3) is 0 Å². The summed E-state index contributed by atoms with van der Waals surface area (Å²) in [5.41, 5.74) is 2.43. The molecular weight excluding hydrogens is 171 g/mol. The van der Waals surface area contributed by atoms with Crippen molar-refractivity contribution < 1.29 is 18.0 Å². The van der Waals surface area contributed by atoms with Crippen LogP contribution in [-0.2, 0) is 4.79 Å². The van der Waals surface area contributed by atoms with E-state index >= 15 is 0 Å². The first-order chi connectivity index (χ1) is 5.50. The van der Waals surface area contributed by atoms with Gasteiger partial charge in [-0.25, -0.2) is 0 Å². The molecule has 0 heterocycles.